The molecule has 2 saturated carbocycles. The van der Waals surface area contributed by atoms with Crippen molar-refractivity contribution in [2.75, 3.05) is 11.4 Å². The van der Waals surface area contributed by atoms with E-state index in [4.69, 9.17) is 5.73 Å². The van der Waals surface area contributed by atoms with E-state index >= 15 is 0 Å². The molecule has 0 spiro atoms. The van der Waals surface area contributed by atoms with Crippen molar-refractivity contribution in [1.29, 1.82) is 0 Å². The summed E-state index contributed by atoms with van der Waals surface area (Å²) in [4.78, 5) is 26.6. The number of hydrogen-bond donors (Lipinski definition) is 3. The zero-order valence-electron chi connectivity index (χ0n) is 13.8. The van der Waals surface area contributed by atoms with Gasteiger partial charge >= 0.3 is 0 Å². The standard InChI is InChI=1S/C17H25N5O2/c18-13-4-10-2-1-3-11(5-13)16(10)21-17(24)12-6-15(23)22(9-12)14-7-19-20-8-14/h7-8,10-13,16H,1-6,9,18H2,(H,19,20)(H,21,24). The van der Waals surface area contributed by atoms with Crippen LogP contribution in [0.25, 0.3) is 0 Å². The van der Waals surface area contributed by atoms with E-state index in [2.05, 4.69) is 15.5 Å². The average Bonchev–Trinajstić information content (AvgIpc) is 3.17. The van der Waals surface area contributed by atoms with Crippen LogP contribution in [-0.4, -0.2) is 40.6 Å². The monoisotopic (exact) mass is 331 g/mol. The highest BCUT2D eigenvalue weighted by atomic mass is 16.2. The van der Waals surface area contributed by atoms with Crippen molar-refractivity contribution >= 4 is 17.5 Å². The summed E-state index contributed by atoms with van der Waals surface area (Å²) in [5.41, 5.74) is 6.89. The molecule has 1 saturated heterocycles. The number of hydrogen-bond acceptors (Lipinski definition) is 4. The molecular formula is C17H25N5O2. The summed E-state index contributed by atoms with van der Waals surface area (Å²) in [6, 6.07) is 0.516. The Bertz CT molecular complexity index is 603. The predicted molar refractivity (Wildman–Crippen MR) is 89.0 cm³/mol. The van der Waals surface area contributed by atoms with Gasteiger partial charge in [-0.3, -0.25) is 14.7 Å². The fraction of sp³-hybridized carbons (Fsp3) is 0.706. The molecule has 1 aliphatic heterocycles. The molecule has 3 unspecified atom stereocenters. The largest absolute Gasteiger partial charge is 0.353 e. The molecule has 1 aromatic rings. The summed E-state index contributed by atoms with van der Waals surface area (Å²) in [6.45, 7) is 0.436. The van der Waals surface area contributed by atoms with Crippen LogP contribution in [0.5, 0.6) is 0 Å². The fourth-order valence-corrected chi connectivity index (χ4v) is 4.83. The minimum atomic E-state index is -0.274. The van der Waals surface area contributed by atoms with Crippen LogP contribution in [0.3, 0.4) is 0 Å². The van der Waals surface area contributed by atoms with Gasteiger partial charge in [-0.15, -0.1) is 0 Å². The molecule has 3 fully saturated rings. The van der Waals surface area contributed by atoms with Crippen LogP contribution >= 0.6 is 0 Å². The molecular weight excluding hydrogens is 306 g/mol. The van der Waals surface area contributed by atoms with Gasteiger partial charge in [0.15, 0.2) is 0 Å². The summed E-state index contributed by atoms with van der Waals surface area (Å²) in [7, 11) is 0. The predicted octanol–water partition coefficient (Wildman–Crippen LogP) is 0.785. The Hall–Kier alpha value is -1.89. The lowest BCUT2D eigenvalue weighted by molar-refractivity contribution is -0.128. The molecule has 7 heteroatoms. The van der Waals surface area contributed by atoms with Crippen LogP contribution in [0.2, 0.25) is 0 Å². The lowest BCUT2D eigenvalue weighted by Crippen LogP contribution is -2.54. The topological polar surface area (TPSA) is 104 Å². The lowest BCUT2D eigenvalue weighted by Gasteiger charge is -2.45. The van der Waals surface area contributed by atoms with Crippen LogP contribution < -0.4 is 16.0 Å². The van der Waals surface area contributed by atoms with Crippen molar-refractivity contribution in [3.05, 3.63) is 12.4 Å². The summed E-state index contributed by atoms with van der Waals surface area (Å²) >= 11 is 0. The molecule has 2 amide bonds. The third-order valence-corrected chi connectivity index (χ3v) is 5.98. The van der Waals surface area contributed by atoms with Gasteiger partial charge in [0.2, 0.25) is 11.8 Å². The van der Waals surface area contributed by atoms with Gasteiger partial charge in [-0.05, 0) is 37.5 Å². The van der Waals surface area contributed by atoms with Gasteiger partial charge in [-0.2, -0.15) is 5.10 Å². The van der Waals surface area contributed by atoms with Gasteiger partial charge in [0.05, 0.1) is 17.8 Å². The highest BCUT2D eigenvalue weighted by Crippen LogP contribution is 2.40. The highest BCUT2D eigenvalue weighted by molar-refractivity contribution is 6.00. The second kappa shape index (κ2) is 6.20. The third-order valence-electron chi connectivity index (χ3n) is 5.98. The first kappa shape index (κ1) is 15.6. The molecule has 2 bridgehead atoms. The molecule has 2 aliphatic carbocycles. The number of aromatic amines is 1. The number of rotatable bonds is 3. The number of nitrogens with one attached hydrogen (secondary N) is 2. The van der Waals surface area contributed by atoms with Gasteiger partial charge in [0.25, 0.3) is 0 Å². The molecule has 4 N–H and O–H groups in total. The van der Waals surface area contributed by atoms with Gasteiger partial charge in [0.1, 0.15) is 0 Å². The van der Waals surface area contributed by atoms with Crippen LogP contribution in [0.15, 0.2) is 12.4 Å². The van der Waals surface area contributed by atoms with Gasteiger partial charge < -0.3 is 16.0 Å². The number of amides is 2. The summed E-state index contributed by atoms with van der Waals surface area (Å²) < 4.78 is 0. The van der Waals surface area contributed by atoms with Gasteiger partial charge in [-0.1, -0.05) is 6.42 Å². The first-order valence-corrected chi connectivity index (χ1v) is 8.97. The average molecular weight is 331 g/mol. The van der Waals surface area contributed by atoms with E-state index in [-0.39, 0.29) is 36.2 Å². The number of anilines is 1. The van der Waals surface area contributed by atoms with Gasteiger partial charge in [0, 0.05) is 31.2 Å². The number of carbonyl (C=O) groups excluding carboxylic acids is 2. The summed E-state index contributed by atoms with van der Waals surface area (Å²) in [5, 5.41) is 9.86. The molecule has 3 aliphatic rings. The molecule has 1 aromatic heterocycles. The van der Waals surface area contributed by atoms with E-state index in [1.165, 1.54) is 6.42 Å². The third kappa shape index (κ3) is 2.81. The molecule has 130 valence electrons. The first-order chi connectivity index (χ1) is 11.6. The van der Waals surface area contributed by atoms with E-state index in [0.717, 1.165) is 31.4 Å². The van der Waals surface area contributed by atoms with Crippen LogP contribution in [0.1, 0.15) is 38.5 Å². The Kier molecular flexibility index (Phi) is 4.04. The first-order valence-electron chi connectivity index (χ1n) is 8.97. The van der Waals surface area contributed by atoms with E-state index in [0.29, 0.717) is 18.4 Å². The fourth-order valence-electron chi connectivity index (χ4n) is 4.83. The molecule has 0 radical (unpaired) electrons. The smallest absolute Gasteiger partial charge is 0.227 e. The highest BCUT2D eigenvalue weighted by Gasteiger charge is 2.42. The molecule has 3 atom stereocenters. The Morgan fingerprint density at radius 1 is 1.33 bits per heavy atom. The number of fused-ring (bicyclic) bond motifs is 2. The maximum absolute atomic E-state index is 12.7. The number of nitrogens with two attached hydrogens (primary N) is 1. The summed E-state index contributed by atoms with van der Waals surface area (Å²) in [5.74, 6) is 0.731. The van der Waals surface area contributed by atoms with Crippen molar-refractivity contribution < 1.29 is 9.59 Å². The van der Waals surface area contributed by atoms with Crippen molar-refractivity contribution in [1.82, 2.24) is 15.5 Å². The van der Waals surface area contributed by atoms with Crippen molar-refractivity contribution in [3.63, 3.8) is 0 Å². The number of H-pyrrole nitrogens is 1. The van der Waals surface area contributed by atoms with Crippen molar-refractivity contribution in [2.24, 2.45) is 23.5 Å². The second-order valence-electron chi connectivity index (χ2n) is 7.58. The second-order valence-corrected chi connectivity index (χ2v) is 7.58. The number of nitrogens with zero attached hydrogens (tertiary/aromatic N) is 2. The van der Waals surface area contributed by atoms with E-state index in [1.54, 1.807) is 17.3 Å². The number of carbonyl (C=O) groups is 2. The Morgan fingerprint density at radius 3 is 2.75 bits per heavy atom. The van der Waals surface area contributed by atoms with E-state index < -0.39 is 0 Å². The number of aromatic nitrogens is 2. The van der Waals surface area contributed by atoms with Crippen LogP contribution in [-0.2, 0) is 9.59 Å². The van der Waals surface area contributed by atoms with Gasteiger partial charge in [-0.25, -0.2) is 0 Å². The SMILES string of the molecule is NC1CC2CCCC(C1)C2NC(=O)C1CC(=O)N(c2cn[nH]c2)C1. The molecule has 24 heavy (non-hydrogen) atoms. The maximum atomic E-state index is 12.7. The molecule has 2 heterocycles. The minimum Gasteiger partial charge on any atom is -0.353 e. The summed E-state index contributed by atoms with van der Waals surface area (Å²) in [6.07, 6.45) is 9.14. The molecule has 0 aromatic carbocycles. The Balaban J connectivity index is 1.41. The molecule has 7 nitrogen and oxygen atoms in total. The van der Waals surface area contributed by atoms with Crippen molar-refractivity contribution in [2.45, 2.75) is 50.6 Å². The lowest BCUT2D eigenvalue weighted by atomic mass is 9.67. The zero-order valence-corrected chi connectivity index (χ0v) is 13.8. The minimum absolute atomic E-state index is 0.0117. The van der Waals surface area contributed by atoms with Crippen LogP contribution in [0, 0.1) is 17.8 Å². The normalized spacial score (nSPS) is 36.0. The van der Waals surface area contributed by atoms with Crippen LogP contribution in [0.4, 0.5) is 5.69 Å². The van der Waals surface area contributed by atoms with Crippen molar-refractivity contribution in [3.8, 4) is 0 Å². The van der Waals surface area contributed by atoms with E-state index in [1.807, 2.05) is 0 Å². The molecule has 4 rings (SSSR count). The maximum Gasteiger partial charge on any atom is 0.227 e. The Morgan fingerprint density at radius 2 is 2.08 bits per heavy atom. The quantitative estimate of drug-likeness (QED) is 0.761. The Labute approximate surface area is 141 Å². The van der Waals surface area contributed by atoms with E-state index in [9.17, 15) is 9.59 Å². The zero-order chi connectivity index (χ0) is 16.7.